The van der Waals surface area contributed by atoms with Crippen LogP contribution in [-0.2, 0) is 9.59 Å². The summed E-state index contributed by atoms with van der Waals surface area (Å²) in [6.07, 6.45) is 1.67. The quantitative estimate of drug-likeness (QED) is 0.801. The van der Waals surface area contributed by atoms with Crippen molar-refractivity contribution in [2.24, 2.45) is 11.8 Å². The van der Waals surface area contributed by atoms with Crippen LogP contribution in [0.2, 0.25) is 0 Å². The number of benzene rings is 1. The molecular weight excluding hydrogens is 354 g/mol. The number of carbonyl (C=O) groups is 3. The predicted octanol–water partition coefficient (Wildman–Crippen LogP) is 2.17. The minimum atomic E-state index is -0.143. The van der Waals surface area contributed by atoms with Crippen LogP contribution in [0.4, 0.5) is 0 Å². The smallest absolute Gasteiger partial charge is 0.253 e. The van der Waals surface area contributed by atoms with E-state index in [1.54, 1.807) is 0 Å². The number of aryl methyl sites for hydroxylation is 1. The molecule has 0 spiro atoms. The summed E-state index contributed by atoms with van der Waals surface area (Å²) in [5.41, 5.74) is 1.80. The highest BCUT2D eigenvalue weighted by Gasteiger charge is 2.33. The zero-order valence-corrected chi connectivity index (χ0v) is 17.2. The standard InChI is InChI=1S/C22H31N3O3/c1-16(2)20(26)23-11-13-24(14-12-23)22(28)19-5-4-10-25(15-19)21(27)18-8-6-17(3)7-9-18/h6-9,16,19H,4-5,10-15H2,1-3H3. The first-order valence-electron chi connectivity index (χ1n) is 10.3. The van der Waals surface area contributed by atoms with E-state index in [0.29, 0.717) is 44.8 Å². The fraction of sp³-hybridized carbons (Fsp3) is 0.591. The third kappa shape index (κ3) is 4.54. The van der Waals surface area contributed by atoms with Crippen molar-refractivity contribution < 1.29 is 14.4 Å². The van der Waals surface area contributed by atoms with Crippen LogP contribution in [0.25, 0.3) is 0 Å². The van der Waals surface area contributed by atoms with Gasteiger partial charge < -0.3 is 14.7 Å². The molecule has 3 rings (SSSR count). The van der Waals surface area contributed by atoms with Gasteiger partial charge in [-0.25, -0.2) is 0 Å². The normalized spacial score (nSPS) is 20.4. The van der Waals surface area contributed by atoms with Crippen molar-refractivity contribution in [1.82, 2.24) is 14.7 Å². The van der Waals surface area contributed by atoms with Crippen molar-refractivity contribution >= 4 is 17.7 Å². The molecule has 1 unspecified atom stereocenters. The predicted molar refractivity (Wildman–Crippen MR) is 108 cm³/mol. The Morgan fingerprint density at radius 2 is 1.50 bits per heavy atom. The lowest BCUT2D eigenvalue weighted by Crippen LogP contribution is -2.54. The first-order valence-corrected chi connectivity index (χ1v) is 10.3. The van der Waals surface area contributed by atoms with E-state index in [0.717, 1.165) is 18.4 Å². The van der Waals surface area contributed by atoms with Crippen LogP contribution in [0.1, 0.15) is 42.6 Å². The molecule has 0 N–H and O–H groups in total. The molecule has 1 aromatic rings. The lowest BCUT2D eigenvalue weighted by molar-refractivity contribution is -0.144. The van der Waals surface area contributed by atoms with E-state index < -0.39 is 0 Å². The molecule has 1 aromatic carbocycles. The molecule has 2 heterocycles. The topological polar surface area (TPSA) is 60.9 Å². The van der Waals surface area contributed by atoms with Gasteiger partial charge in [-0.15, -0.1) is 0 Å². The van der Waals surface area contributed by atoms with Gasteiger partial charge in [-0.2, -0.15) is 0 Å². The van der Waals surface area contributed by atoms with Crippen LogP contribution in [0.3, 0.4) is 0 Å². The minimum Gasteiger partial charge on any atom is -0.339 e. The molecule has 2 aliphatic heterocycles. The van der Waals surface area contributed by atoms with Crippen LogP contribution < -0.4 is 0 Å². The van der Waals surface area contributed by atoms with Crippen LogP contribution in [0.5, 0.6) is 0 Å². The Balaban J connectivity index is 1.57. The van der Waals surface area contributed by atoms with Crippen LogP contribution >= 0.6 is 0 Å². The molecule has 0 radical (unpaired) electrons. The van der Waals surface area contributed by atoms with Crippen molar-refractivity contribution in [1.29, 1.82) is 0 Å². The molecule has 3 amide bonds. The maximum atomic E-state index is 13.0. The summed E-state index contributed by atoms with van der Waals surface area (Å²) in [5, 5.41) is 0. The Bertz CT molecular complexity index is 721. The second kappa shape index (κ2) is 8.76. The number of carbonyl (C=O) groups excluding carboxylic acids is 3. The summed E-state index contributed by atoms with van der Waals surface area (Å²) < 4.78 is 0. The Morgan fingerprint density at radius 3 is 2.11 bits per heavy atom. The van der Waals surface area contributed by atoms with Gasteiger partial charge in [0.15, 0.2) is 0 Å². The molecule has 0 saturated carbocycles. The largest absolute Gasteiger partial charge is 0.339 e. The molecule has 152 valence electrons. The fourth-order valence-corrected chi connectivity index (χ4v) is 4.01. The number of piperazine rings is 1. The molecule has 0 aromatic heterocycles. The van der Waals surface area contributed by atoms with Crippen molar-refractivity contribution in [2.75, 3.05) is 39.3 Å². The van der Waals surface area contributed by atoms with E-state index >= 15 is 0 Å². The van der Waals surface area contributed by atoms with Gasteiger partial charge in [0.2, 0.25) is 11.8 Å². The molecule has 2 saturated heterocycles. The lowest BCUT2D eigenvalue weighted by Gasteiger charge is -2.39. The van der Waals surface area contributed by atoms with Crippen molar-refractivity contribution in [2.45, 2.75) is 33.6 Å². The number of nitrogens with zero attached hydrogens (tertiary/aromatic N) is 3. The molecule has 28 heavy (non-hydrogen) atoms. The summed E-state index contributed by atoms with van der Waals surface area (Å²) in [6, 6.07) is 7.59. The minimum absolute atomic E-state index is 0.00449. The van der Waals surface area contributed by atoms with E-state index in [4.69, 9.17) is 0 Å². The Kier molecular flexibility index (Phi) is 6.37. The van der Waals surface area contributed by atoms with Gasteiger partial charge in [0.05, 0.1) is 5.92 Å². The van der Waals surface area contributed by atoms with Gasteiger partial charge in [-0.05, 0) is 31.9 Å². The average Bonchev–Trinajstić information content (AvgIpc) is 2.73. The molecule has 2 fully saturated rings. The molecule has 6 nitrogen and oxygen atoms in total. The van der Waals surface area contributed by atoms with Crippen molar-refractivity contribution in [3.05, 3.63) is 35.4 Å². The Hall–Kier alpha value is -2.37. The highest BCUT2D eigenvalue weighted by molar-refractivity contribution is 5.94. The third-order valence-electron chi connectivity index (χ3n) is 5.75. The number of piperidine rings is 1. The second-order valence-electron chi connectivity index (χ2n) is 8.26. The van der Waals surface area contributed by atoms with Gasteiger partial charge >= 0.3 is 0 Å². The van der Waals surface area contributed by atoms with Gasteiger partial charge in [-0.3, -0.25) is 14.4 Å². The maximum Gasteiger partial charge on any atom is 0.253 e. The van der Waals surface area contributed by atoms with Gasteiger partial charge in [0.1, 0.15) is 0 Å². The second-order valence-corrected chi connectivity index (χ2v) is 8.26. The fourth-order valence-electron chi connectivity index (χ4n) is 4.01. The Morgan fingerprint density at radius 1 is 0.893 bits per heavy atom. The molecule has 2 aliphatic rings. The highest BCUT2D eigenvalue weighted by Crippen LogP contribution is 2.22. The van der Waals surface area contributed by atoms with Crippen molar-refractivity contribution in [3.63, 3.8) is 0 Å². The SMILES string of the molecule is Cc1ccc(C(=O)N2CCCC(C(=O)N3CCN(C(=O)C(C)C)CC3)C2)cc1. The van der Waals surface area contributed by atoms with Crippen LogP contribution in [0.15, 0.2) is 24.3 Å². The van der Waals surface area contributed by atoms with E-state index in [1.807, 2.05) is 59.7 Å². The molecule has 6 heteroatoms. The first kappa shape index (κ1) is 20.4. The summed E-state index contributed by atoms with van der Waals surface area (Å²) in [5.74, 6) is 0.125. The Labute approximate surface area is 167 Å². The molecule has 0 aliphatic carbocycles. The number of hydrogen-bond donors (Lipinski definition) is 0. The molecule has 1 atom stereocenters. The van der Waals surface area contributed by atoms with E-state index in [-0.39, 0.29) is 29.6 Å². The summed E-state index contributed by atoms with van der Waals surface area (Å²) in [6.45, 7) is 9.35. The molecule has 0 bridgehead atoms. The van der Waals surface area contributed by atoms with Crippen LogP contribution in [0, 0.1) is 18.8 Å². The average molecular weight is 386 g/mol. The number of rotatable bonds is 3. The van der Waals surface area contributed by atoms with E-state index in [1.165, 1.54) is 0 Å². The molecular formula is C22H31N3O3. The lowest BCUT2D eigenvalue weighted by atomic mass is 9.95. The van der Waals surface area contributed by atoms with Crippen molar-refractivity contribution in [3.8, 4) is 0 Å². The zero-order chi connectivity index (χ0) is 20.3. The van der Waals surface area contributed by atoms with Gasteiger partial charge in [0.25, 0.3) is 5.91 Å². The summed E-state index contributed by atoms with van der Waals surface area (Å²) in [7, 11) is 0. The number of amides is 3. The maximum absolute atomic E-state index is 13.0. The zero-order valence-electron chi connectivity index (χ0n) is 17.2. The third-order valence-corrected chi connectivity index (χ3v) is 5.75. The first-order chi connectivity index (χ1) is 13.4. The monoisotopic (exact) mass is 385 g/mol. The van der Waals surface area contributed by atoms with E-state index in [9.17, 15) is 14.4 Å². The summed E-state index contributed by atoms with van der Waals surface area (Å²) >= 11 is 0. The highest BCUT2D eigenvalue weighted by atomic mass is 16.2. The number of likely N-dealkylation sites (tertiary alicyclic amines) is 1. The summed E-state index contributed by atoms with van der Waals surface area (Å²) in [4.78, 5) is 43.5. The van der Waals surface area contributed by atoms with E-state index in [2.05, 4.69) is 0 Å². The van der Waals surface area contributed by atoms with Gasteiger partial charge in [-0.1, -0.05) is 31.5 Å². The number of hydrogen-bond acceptors (Lipinski definition) is 3. The van der Waals surface area contributed by atoms with Gasteiger partial charge in [0, 0.05) is 50.7 Å². The van der Waals surface area contributed by atoms with Crippen LogP contribution in [-0.4, -0.2) is 71.7 Å².